The summed E-state index contributed by atoms with van der Waals surface area (Å²) < 4.78 is 0. The lowest BCUT2D eigenvalue weighted by Crippen LogP contribution is -2.42. The third kappa shape index (κ3) is 6.45. The van der Waals surface area contributed by atoms with Gasteiger partial charge < -0.3 is 15.5 Å². The lowest BCUT2D eigenvalue weighted by atomic mass is 9.93. The fourth-order valence-corrected chi connectivity index (χ4v) is 3.25. The van der Waals surface area contributed by atoms with Crippen LogP contribution in [0.3, 0.4) is 0 Å². The van der Waals surface area contributed by atoms with E-state index in [2.05, 4.69) is 52.8 Å². The molecule has 0 aromatic heterocycles. The van der Waals surface area contributed by atoms with Crippen LogP contribution in [0.15, 0.2) is 35.3 Å². The number of amides is 1. The molecule has 1 unspecified atom stereocenters. The Balaban J connectivity index is 0.00000338. The van der Waals surface area contributed by atoms with E-state index in [4.69, 9.17) is 4.99 Å². The number of guanidine groups is 1. The molecule has 2 rings (SSSR count). The van der Waals surface area contributed by atoms with E-state index in [0.29, 0.717) is 12.5 Å². The molecule has 1 atom stereocenters. The van der Waals surface area contributed by atoms with Gasteiger partial charge in [0.05, 0.1) is 12.0 Å². The van der Waals surface area contributed by atoms with Crippen LogP contribution in [0.2, 0.25) is 0 Å². The summed E-state index contributed by atoms with van der Waals surface area (Å²) in [6, 6.07) is 10.7. The van der Waals surface area contributed by atoms with Crippen LogP contribution in [0.1, 0.15) is 32.8 Å². The Kier molecular flexibility index (Phi) is 9.39. The second kappa shape index (κ2) is 10.7. The maximum atomic E-state index is 12.0. The van der Waals surface area contributed by atoms with Crippen LogP contribution in [0.5, 0.6) is 0 Å². The van der Waals surface area contributed by atoms with Crippen molar-refractivity contribution in [2.45, 2.75) is 33.6 Å². The average Bonchev–Trinajstić information content (AvgIpc) is 3.07. The fraction of sp³-hybridized carbons (Fsp3) is 0.600. The van der Waals surface area contributed by atoms with Gasteiger partial charge in [0.15, 0.2) is 5.96 Å². The Hall–Kier alpha value is -1.31. The minimum absolute atomic E-state index is 0. The van der Waals surface area contributed by atoms with Gasteiger partial charge in [0.2, 0.25) is 5.91 Å². The van der Waals surface area contributed by atoms with Gasteiger partial charge in [-0.15, -0.1) is 24.0 Å². The molecule has 0 saturated carbocycles. The number of likely N-dealkylation sites (tertiary alicyclic amines) is 1. The molecule has 5 nitrogen and oxygen atoms in total. The molecule has 0 radical (unpaired) electrons. The van der Waals surface area contributed by atoms with Crippen LogP contribution in [-0.4, -0.2) is 50.0 Å². The number of hydrogen-bond donors (Lipinski definition) is 2. The van der Waals surface area contributed by atoms with Gasteiger partial charge in [0, 0.05) is 26.7 Å². The van der Waals surface area contributed by atoms with Crippen molar-refractivity contribution in [3.63, 3.8) is 0 Å². The molecule has 1 aromatic rings. The van der Waals surface area contributed by atoms with Crippen LogP contribution in [0, 0.1) is 11.3 Å². The Morgan fingerprint density at radius 3 is 2.62 bits per heavy atom. The zero-order valence-corrected chi connectivity index (χ0v) is 18.7. The zero-order valence-electron chi connectivity index (χ0n) is 16.4. The van der Waals surface area contributed by atoms with Crippen LogP contribution < -0.4 is 10.6 Å². The van der Waals surface area contributed by atoms with Crippen molar-refractivity contribution in [3.8, 4) is 0 Å². The number of benzene rings is 1. The van der Waals surface area contributed by atoms with Gasteiger partial charge in [0.1, 0.15) is 0 Å². The minimum atomic E-state index is -0.501. The standard InChI is InChI=1S/C20H32N4O.HI/c1-5-22-19(23-15-20(2,3)18(25)21-4)24-12-11-17(14-24)13-16-9-7-6-8-10-16;/h6-10,17H,5,11-15H2,1-4H3,(H,21,25)(H,22,23);1H. The lowest BCUT2D eigenvalue weighted by Gasteiger charge is -2.25. The first-order valence-electron chi connectivity index (χ1n) is 9.25. The number of nitrogens with one attached hydrogen (secondary N) is 2. The normalized spacial score (nSPS) is 17.6. The smallest absolute Gasteiger partial charge is 0.227 e. The van der Waals surface area contributed by atoms with Gasteiger partial charge in [-0.2, -0.15) is 0 Å². The fourth-order valence-electron chi connectivity index (χ4n) is 3.25. The summed E-state index contributed by atoms with van der Waals surface area (Å²) in [5.41, 5.74) is 0.899. The highest BCUT2D eigenvalue weighted by atomic mass is 127. The Labute approximate surface area is 175 Å². The van der Waals surface area contributed by atoms with Crippen molar-refractivity contribution in [1.29, 1.82) is 0 Å². The highest BCUT2D eigenvalue weighted by Crippen LogP contribution is 2.22. The van der Waals surface area contributed by atoms with Gasteiger partial charge in [-0.1, -0.05) is 30.3 Å². The second-order valence-corrected chi connectivity index (χ2v) is 7.42. The Bertz CT molecular complexity index is 589. The lowest BCUT2D eigenvalue weighted by molar-refractivity contribution is -0.128. The van der Waals surface area contributed by atoms with E-state index in [-0.39, 0.29) is 29.9 Å². The predicted octanol–water partition coefficient (Wildman–Crippen LogP) is 2.91. The number of aliphatic imine (C=N–C) groups is 1. The number of carbonyl (C=O) groups excluding carboxylic acids is 1. The van der Waals surface area contributed by atoms with Crippen molar-refractivity contribution >= 4 is 35.8 Å². The monoisotopic (exact) mass is 472 g/mol. The Morgan fingerprint density at radius 2 is 2.00 bits per heavy atom. The zero-order chi connectivity index (χ0) is 18.3. The molecule has 2 N–H and O–H groups in total. The SMILES string of the molecule is CCNC(=NCC(C)(C)C(=O)NC)N1CCC(Cc2ccccc2)C1.I. The largest absolute Gasteiger partial charge is 0.359 e. The highest BCUT2D eigenvalue weighted by Gasteiger charge is 2.28. The highest BCUT2D eigenvalue weighted by molar-refractivity contribution is 14.0. The minimum Gasteiger partial charge on any atom is -0.359 e. The molecule has 1 fully saturated rings. The first-order valence-corrected chi connectivity index (χ1v) is 9.25. The predicted molar refractivity (Wildman–Crippen MR) is 119 cm³/mol. The quantitative estimate of drug-likeness (QED) is 0.381. The average molecular weight is 472 g/mol. The maximum Gasteiger partial charge on any atom is 0.227 e. The first-order chi connectivity index (χ1) is 12.0. The molecule has 1 amide bonds. The molecule has 1 saturated heterocycles. The van der Waals surface area contributed by atoms with E-state index in [1.165, 1.54) is 12.0 Å². The summed E-state index contributed by atoms with van der Waals surface area (Å²) in [5, 5.41) is 6.11. The van der Waals surface area contributed by atoms with E-state index >= 15 is 0 Å². The molecule has 0 aliphatic carbocycles. The van der Waals surface area contributed by atoms with Gasteiger partial charge in [-0.3, -0.25) is 9.79 Å². The van der Waals surface area contributed by atoms with Crippen LogP contribution >= 0.6 is 24.0 Å². The van der Waals surface area contributed by atoms with Crippen molar-refractivity contribution in [2.24, 2.45) is 16.3 Å². The van der Waals surface area contributed by atoms with E-state index in [1.807, 2.05) is 13.8 Å². The number of nitrogens with zero attached hydrogens (tertiary/aromatic N) is 2. The van der Waals surface area contributed by atoms with Crippen LogP contribution in [0.25, 0.3) is 0 Å². The molecule has 26 heavy (non-hydrogen) atoms. The number of rotatable bonds is 6. The van der Waals surface area contributed by atoms with Crippen molar-refractivity contribution in [1.82, 2.24) is 15.5 Å². The molecule has 0 bridgehead atoms. The molecule has 1 aliphatic rings. The molecule has 1 aliphatic heterocycles. The van der Waals surface area contributed by atoms with Crippen LogP contribution in [0.4, 0.5) is 0 Å². The van der Waals surface area contributed by atoms with Gasteiger partial charge >= 0.3 is 0 Å². The van der Waals surface area contributed by atoms with Crippen molar-refractivity contribution in [3.05, 3.63) is 35.9 Å². The number of carbonyl (C=O) groups is 1. The summed E-state index contributed by atoms with van der Waals surface area (Å²) in [6.45, 7) is 9.29. The number of halogens is 1. The van der Waals surface area contributed by atoms with Gasteiger partial charge in [-0.25, -0.2) is 0 Å². The third-order valence-electron chi connectivity index (χ3n) is 4.75. The van der Waals surface area contributed by atoms with E-state index in [9.17, 15) is 4.79 Å². The molecular formula is C20H33IN4O. The summed E-state index contributed by atoms with van der Waals surface area (Å²) in [7, 11) is 1.67. The summed E-state index contributed by atoms with van der Waals surface area (Å²) >= 11 is 0. The van der Waals surface area contributed by atoms with Gasteiger partial charge in [-0.05, 0) is 45.1 Å². The molecule has 0 spiro atoms. The third-order valence-corrected chi connectivity index (χ3v) is 4.75. The van der Waals surface area contributed by atoms with Crippen molar-refractivity contribution in [2.75, 3.05) is 33.2 Å². The maximum absolute atomic E-state index is 12.0. The van der Waals surface area contributed by atoms with E-state index in [0.717, 1.165) is 32.0 Å². The van der Waals surface area contributed by atoms with Crippen molar-refractivity contribution < 1.29 is 4.79 Å². The molecule has 1 aromatic carbocycles. The summed E-state index contributed by atoms with van der Waals surface area (Å²) in [6.07, 6.45) is 2.29. The van der Waals surface area contributed by atoms with E-state index < -0.39 is 5.41 Å². The molecule has 6 heteroatoms. The van der Waals surface area contributed by atoms with Crippen LogP contribution in [-0.2, 0) is 11.2 Å². The summed E-state index contributed by atoms with van der Waals surface area (Å²) in [5.74, 6) is 1.60. The molecular weight excluding hydrogens is 439 g/mol. The Morgan fingerprint density at radius 1 is 1.31 bits per heavy atom. The molecule has 146 valence electrons. The van der Waals surface area contributed by atoms with Gasteiger partial charge in [0.25, 0.3) is 0 Å². The molecule has 1 heterocycles. The topological polar surface area (TPSA) is 56.7 Å². The van der Waals surface area contributed by atoms with E-state index in [1.54, 1.807) is 7.05 Å². The second-order valence-electron chi connectivity index (χ2n) is 7.42. The first kappa shape index (κ1) is 22.7. The summed E-state index contributed by atoms with van der Waals surface area (Å²) in [4.78, 5) is 19.0. The number of hydrogen-bond acceptors (Lipinski definition) is 2.